The maximum absolute atomic E-state index is 11.2. The van der Waals surface area contributed by atoms with Crippen LogP contribution < -0.4 is 5.32 Å². The van der Waals surface area contributed by atoms with E-state index in [4.69, 9.17) is 0 Å². The zero-order chi connectivity index (χ0) is 10.6. The maximum atomic E-state index is 11.2. The minimum absolute atomic E-state index is 0.0367. The average molecular weight is 217 g/mol. The Bertz CT molecular complexity index is 321. The molecule has 80 valence electrons. The van der Waals surface area contributed by atoms with Crippen LogP contribution in [0.4, 0.5) is 0 Å². The number of hydrogen-bond acceptors (Lipinski definition) is 4. The predicted octanol–water partition coefficient (Wildman–Crippen LogP) is -0.0917. The van der Waals surface area contributed by atoms with E-state index in [-0.39, 0.29) is 29.8 Å². The number of carbonyl (C=O) groups is 1. The molecule has 1 atom stereocenters. The van der Waals surface area contributed by atoms with Gasteiger partial charge in [0.15, 0.2) is 9.84 Å². The van der Waals surface area contributed by atoms with Gasteiger partial charge >= 0.3 is 0 Å². The van der Waals surface area contributed by atoms with E-state index < -0.39 is 9.84 Å². The fourth-order valence-electron chi connectivity index (χ4n) is 1.52. The van der Waals surface area contributed by atoms with Crippen molar-refractivity contribution in [1.29, 1.82) is 0 Å². The van der Waals surface area contributed by atoms with Crippen molar-refractivity contribution in [2.75, 3.05) is 18.1 Å². The van der Waals surface area contributed by atoms with Crippen molar-refractivity contribution in [2.24, 2.45) is 0 Å². The summed E-state index contributed by atoms with van der Waals surface area (Å²) < 4.78 is 22.5. The fraction of sp³-hybridized carbons (Fsp3) is 0.667. The monoisotopic (exact) mass is 217 g/mol. The molecule has 0 aromatic heterocycles. The van der Waals surface area contributed by atoms with Crippen molar-refractivity contribution in [2.45, 2.75) is 18.9 Å². The summed E-state index contributed by atoms with van der Waals surface area (Å²) in [4.78, 5) is 11.2. The van der Waals surface area contributed by atoms with E-state index in [1.54, 1.807) is 6.08 Å². The highest BCUT2D eigenvalue weighted by molar-refractivity contribution is 7.91. The van der Waals surface area contributed by atoms with Gasteiger partial charge in [0.25, 0.3) is 0 Å². The van der Waals surface area contributed by atoms with E-state index in [2.05, 4.69) is 11.9 Å². The van der Waals surface area contributed by atoms with Crippen LogP contribution >= 0.6 is 0 Å². The molecule has 1 fully saturated rings. The number of allylic oxidation sites excluding steroid dienone is 1. The number of ketones is 1. The number of rotatable bonds is 4. The minimum atomic E-state index is -2.93. The number of nitrogens with one attached hydrogen (secondary N) is 1. The molecule has 0 aliphatic carbocycles. The Balaban J connectivity index is 2.46. The molecular weight excluding hydrogens is 202 g/mol. The van der Waals surface area contributed by atoms with Crippen LogP contribution in [-0.4, -0.2) is 38.3 Å². The summed E-state index contributed by atoms with van der Waals surface area (Å²) in [5.41, 5.74) is 0. The molecule has 1 unspecified atom stereocenters. The molecule has 0 saturated carbocycles. The average Bonchev–Trinajstić information content (AvgIpc) is 2.02. The van der Waals surface area contributed by atoms with Crippen LogP contribution in [0.1, 0.15) is 12.8 Å². The first-order valence-electron chi connectivity index (χ1n) is 4.60. The molecule has 0 spiro atoms. The lowest BCUT2D eigenvalue weighted by atomic mass is 10.1. The van der Waals surface area contributed by atoms with Crippen LogP contribution in [0.3, 0.4) is 0 Å². The van der Waals surface area contributed by atoms with Gasteiger partial charge < -0.3 is 5.32 Å². The minimum Gasteiger partial charge on any atom is -0.312 e. The normalized spacial score (nSPS) is 25.6. The number of sulfone groups is 1. The Labute approximate surface area is 84.3 Å². The fourth-order valence-corrected chi connectivity index (χ4v) is 2.96. The molecule has 14 heavy (non-hydrogen) atoms. The Morgan fingerprint density at radius 2 is 2.29 bits per heavy atom. The summed E-state index contributed by atoms with van der Waals surface area (Å²) in [6.45, 7) is 3.92. The summed E-state index contributed by atoms with van der Waals surface area (Å²) in [6.07, 6.45) is 2.14. The van der Waals surface area contributed by atoms with E-state index in [1.807, 2.05) is 0 Å². The summed E-state index contributed by atoms with van der Waals surface area (Å²) >= 11 is 0. The van der Waals surface area contributed by atoms with Gasteiger partial charge in [-0.2, -0.15) is 0 Å². The van der Waals surface area contributed by atoms with Crippen LogP contribution in [0.15, 0.2) is 12.7 Å². The molecule has 1 N–H and O–H groups in total. The molecular formula is C9H15NO3S. The van der Waals surface area contributed by atoms with Crippen molar-refractivity contribution >= 4 is 15.6 Å². The lowest BCUT2D eigenvalue weighted by Crippen LogP contribution is -2.45. The van der Waals surface area contributed by atoms with Crippen LogP contribution in [-0.2, 0) is 14.6 Å². The molecule has 1 heterocycles. The highest BCUT2D eigenvalue weighted by Gasteiger charge is 2.25. The quantitative estimate of drug-likeness (QED) is 0.668. The molecule has 1 aliphatic heterocycles. The molecule has 0 amide bonds. The van der Waals surface area contributed by atoms with Crippen molar-refractivity contribution in [3.63, 3.8) is 0 Å². The van der Waals surface area contributed by atoms with E-state index in [1.165, 1.54) is 0 Å². The lowest BCUT2D eigenvalue weighted by molar-refractivity contribution is -0.118. The summed E-state index contributed by atoms with van der Waals surface area (Å²) in [7, 11) is -2.93. The second kappa shape index (κ2) is 4.70. The van der Waals surface area contributed by atoms with Gasteiger partial charge in [0, 0.05) is 25.4 Å². The van der Waals surface area contributed by atoms with E-state index in [0.29, 0.717) is 13.0 Å². The third-order valence-electron chi connectivity index (χ3n) is 2.15. The van der Waals surface area contributed by atoms with Gasteiger partial charge in [-0.1, -0.05) is 6.08 Å². The van der Waals surface area contributed by atoms with Gasteiger partial charge in [-0.3, -0.25) is 4.79 Å². The van der Waals surface area contributed by atoms with E-state index in [0.717, 1.165) is 0 Å². The second-order valence-corrected chi connectivity index (χ2v) is 5.73. The summed E-state index contributed by atoms with van der Waals surface area (Å²) in [5.74, 6) is 0.296. The van der Waals surface area contributed by atoms with Crippen LogP contribution in [0.5, 0.6) is 0 Å². The largest absolute Gasteiger partial charge is 0.312 e. The van der Waals surface area contributed by atoms with E-state index >= 15 is 0 Å². The zero-order valence-electron chi connectivity index (χ0n) is 8.03. The van der Waals surface area contributed by atoms with Gasteiger partial charge in [-0.25, -0.2) is 8.42 Å². The SMILES string of the molecule is C=CCC(=O)CC1CS(=O)(=O)CCN1. The molecule has 0 aromatic carbocycles. The standard InChI is InChI=1S/C9H15NO3S/c1-2-3-9(11)6-8-7-14(12,13)5-4-10-8/h2,8,10H,1,3-7H2. The van der Waals surface area contributed by atoms with Gasteiger partial charge in [-0.05, 0) is 0 Å². The first-order chi connectivity index (χ1) is 6.53. The van der Waals surface area contributed by atoms with Crippen molar-refractivity contribution < 1.29 is 13.2 Å². The molecule has 0 bridgehead atoms. The Morgan fingerprint density at radius 3 is 2.86 bits per heavy atom. The third kappa shape index (κ3) is 3.59. The topological polar surface area (TPSA) is 63.2 Å². The summed E-state index contributed by atoms with van der Waals surface area (Å²) in [6, 6.07) is -0.207. The zero-order valence-corrected chi connectivity index (χ0v) is 8.85. The Morgan fingerprint density at radius 1 is 1.57 bits per heavy atom. The molecule has 1 aliphatic rings. The highest BCUT2D eigenvalue weighted by Crippen LogP contribution is 2.06. The lowest BCUT2D eigenvalue weighted by Gasteiger charge is -2.22. The van der Waals surface area contributed by atoms with Gasteiger partial charge in [0.1, 0.15) is 5.78 Å². The van der Waals surface area contributed by atoms with Crippen molar-refractivity contribution in [1.82, 2.24) is 5.32 Å². The Hall–Kier alpha value is -0.680. The Kier molecular flexibility index (Phi) is 3.83. The highest BCUT2D eigenvalue weighted by atomic mass is 32.2. The first kappa shape index (κ1) is 11.4. The first-order valence-corrected chi connectivity index (χ1v) is 6.42. The molecule has 1 saturated heterocycles. The smallest absolute Gasteiger partial charge is 0.153 e. The summed E-state index contributed by atoms with van der Waals surface area (Å²) in [5, 5.41) is 3.03. The maximum Gasteiger partial charge on any atom is 0.153 e. The van der Waals surface area contributed by atoms with Gasteiger partial charge in [0.2, 0.25) is 0 Å². The van der Waals surface area contributed by atoms with Crippen molar-refractivity contribution in [3.8, 4) is 0 Å². The van der Waals surface area contributed by atoms with Crippen molar-refractivity contribution in [3.05, 3.63) is 12.7 Å². The number of carbonyl (C=O) groups excluding carboxylic acids is 1. The van der Waals surface area contributed by atoms with Crippen LogP contribution in [0.25, 0.3) is 0 Å². The van der Waals surface area contributed by atoms with Crippen LogP contribution in [0, 0.1) is 0 Å². The van der Waals surface area contributed by atoms with Gasteiger partial charge in [-0.15, -0.1) is 6.58 Å². The third-order valence-corrected chi connectivity index (χ3v) is 3.88. The molecule has 4 nitrogen and oxygen atoms in total. The molecule has 5 heteroatoms. The number of Topliss-reactive ketones (excluding diaryl/α,β-unsaturated/α-hetero) is 1. The molecule has 0 aromatic rings. The predicted molar refractivity (Wildman–Crippen MR) is 54.9 cm³/mol. The van der Waals surface area contributed by atoms with E-state index in [9.17, 15) is 13.2 Å². The number of hydrogen-bond donors (Lipinski definition) is 1. The molecule has 0 radical (unpaired) electrons. The van der Waals surface area contributed by atoms with Crippen LogP contribution in [0.2, 0.25) is 0 Å². The second-order valence-electron chi connectivity index (χ2n) is 3.50. The van der Waals surface area contributed by atoms with Gasteiger partial charge in [0.05, 0.1) is 11.5 Å². The molecule has 1 rings (SSSR count).